The molecule has 0 unspecified atom stereocenters. The third-order valence-corrected chi connectivity index (χ3v) is 5.40. The van der Waals surface area contributed by atoms with Crippen molar-refractivity contribution < 1.29 is 18.7 Å². The van der Waals surface area contributed by atoms with Crippen LogP contribution in [0.1, 0.15) is 15.4 Å². The van der Waals surface area contributed by atoms with Gasteiger partial charge in [0.05, 0.1) is 23.5 Å². The van der Waals surface area contributed by atoms with Crippen LogP contribution in [0, 0.1) is 5.95 Å². The predicted octanol–water partition coefficient (Wildman–Crippen LogP) is 4.18. The summed E-state index contributed by atoms with van der Waals surface area (Å²) in [6.45, 7) is 0.266. The molecule has 0 saturated heterocycles. The maximum Gasteiger partial charge on any atom is 0.267 e. The van der Waals surface area contributed by atoms with Gasteiger partial charge in [0.25, 0.3) is 5.91 Å². The van der Waals surface area contributed by atoms with Crippen LogP contribution in [-0.4, -0.2) is 23.0 Å². The Balaban J connectivity index is 1.71. The standard InChI is InChI=1S/C21H16FN3O3S/c1-27-13-4-2-12(3-5-13)16-9-18(21(23)26)25-17-8-15(29-20(16)17)11-28-14-6-7-19(22)24-10-14/h2-10H,11H2,1H3,(H2,23,26). The molecular formula is C21H16FN3O3S. The largest absolute Gasteiger partial charge is 0.497 e. The van der Waals surface area contributed by atoms with E-state index in [1.165, 1.54) is 29.7 Å². The van der Waals surface area contributed by atoms with E-state index >= 15 is 0 Å². The van der Waals surface area contributed by atoms with E-state index in [2.05, 4.69) is 9.97 Å². The average molecular weight is 409 g/mol. The molecule has 0 bridgehead atoms. The van der Waals surface area contributed by atoms with E-state index in [1.807, 2.05) is 30.3 Å². The first kappa shape index (κ1) is 18.8. The molecule has 0 aliphatic rings. The first-order valence-corrected chi connectivity index (χ1v) is 9.47. The Labute approximate surface area is 169 Å². The second-order valence-electron chi connectivity index (χ2n) is 6.18. The van der Waals surface area contributed by atoms with Crippen molar-refractivity contribution in [2.75, 3.05) is 7.11 Å². The molecule has 0 saturated carbocycles. The number of carbonyl (C=O) groups excluding carboxylic acids is 1. The van der Waals surface area contributed by atoms with Crippen LogP contribution in [0.15, 0.2) is 54.7 Å². The smallest absolute Gasteiger partial charge is 0.267 e. The third kappa shape index (κ3) is 4.02. The highest BCUT2D eigenvalue weighted by atomic mass is 32.1. The fraction of sp³-hybridized carbons (Fsp3) is 0.0952. The molecule has 2 N–H and O–H groups in total. The van der Waals surface area contributed by atoms with Gasteiger partial charge in [0.1, 0.15) is 23.8 Å². The van der Waals surface area contributed by atoms with Crippen LogP contribution in [0.25, 0.3) is 21.3 Å². The number of hydrogen-bond acceptors (Lipinski definition) is 6. The number of pyridine rings is 2. The maximum atomic E-state index is 12.9. The molecule has 146 valence electrons. The highest BCUT2D eigenvalue weighted by Gasteiger charge is 2.15. The van der Waals surface area contributed by atoms with E-state index in [-0.39, 0.29) is 12.3 Å². The maximum absolute atomic E-state index is 12.9. The molecule has 8 heteroatoms. The van der Waals surface area contributed by atoms with Crippen LogP contribution in [-0.2, 0) is 6.61 Å². The monoisotopic (exact) mass is 409 g/mol. The molecule has 0 fully saturated rings. The first-order valence-electron chi connectivity index (χ1n) is 8.65. The average Bonchev–Trinajstić information content (AvgIpc) is 3.15. The van der Waals surface area contributed by atoms with E-state index in [9.17, 15) is 9.18 Å². The lowest BCUT2D eigenvalue weighted by Crippen LogP contribution is -2.13. The summed E-state index contributed by atoms with van der Waals surface area (Å²) in [4.78, 5) is 20.6. The Morgan fingerprint density at radius 1 is 1.14 bits per heavy atom. The van der Waals surface area contributed by atoms with Crippen LogP contribution in [0.2, 0.25) is 0 Å². The van der Waals surface area contributed by atoms with Crippen LogP contribution >= 0.6 is 11.3 Å². The zero-order valence-corrected chi connectivity index (χ0v) is 16.2. The zero-order valence-electron chi connectivity index (χ0n) is 15.4. The van der Waals surface area contributed by atoms with Crippen molar-refractivity contribution in [3.63, 3.8) is 0 Å². The Hall–Kier alpha value is -3.52. The van der Waals surface area contributed by atoms with Gasteiger partial charge in [0.15, 0.2) is 0 Å². The molecule has 0 radical (unpaired) electrons. The SMILES string of the molecule is COc1ccc(-c2cc(C(N)=O)nc3cc(COc4ccc(F)nc4)sc23)cc1. The fourth-order valence-electron chi connectivity index (χ4n) is 2.86. The van der Waals surface area contributed by atoms with Gasteiger partial charge in [-0.15, -0.1) is 11.3 Å². The molecule has 0 aliphatic carbocycles. The van der Waals surface area contributed by atoms with E-state index < -0.39 is 11.9 Å². The minimum atomic E-state index is -0.594. The summed E-state index contributed by atoms with van der Waals surface area (Å²) in [5, 5.41) is 0. The van der Waals surface area contributed by atoms with Gasteiger partial charge in [-0.2, -0.15) is 4.39 Å². The molecule has 6 nitrogen and oxygen atoms in total. The second-order valence-corrected chi connectivity index (χ2v) is 7.32. The van der Waals surface area contributed by atoms with E-state index in [1.54, 1.807) is 13.2 Å². The number of hydrogen-bond donors (Lipinski definition) is 1. The van der Waals surface area contributed by atoms with Gasteiger partial charge in [-0.3, -0.25) is 4.79 Å². The number of fused-ring (bicyclic) bond motifs is 1. The minimum absolute atomic E-state index is 0.191. The molecular weight excluding hydrogens is 393 g/mol. The van der Waals surface area contributed by atoms with Crippen molar-refractivity contribution in [1.29, 1.82) is 0 Å². The zero-order chi connectivity index (χ0) is 20.4. The molecule has 4 aromatic rings. The number of halogens is 1. The van der Waals surface area contributed by atoms with Gasteiger partial charge >= 0.3 is 0 Å². The fourth-order valence-corrected chi connectivity index (χ4v) is 3.90. The second kappa shape index (κ2) is 7.84. The summed E-state index contributed by atoms with van der Waals surface area (Å²) in [7, 11) is 1.60. The Morgan fingerprint density at radius 3 is 2.55 bits per heavy atom. The van der Waals surface area contributed by atoms with Crippen LogP contribution in [0.5, 0.6) is 11.5 Å². The van der Waals surface area contributed by atoms with Crippen molar-refractivity contribution in [2.24, 2.45) is 5.73 Å². The minimum Gasteiger partial charge on any atom is -0.497 e. The molecule has 0 atom stereocenters. The van der Waals surface area contributed by atoms with Crippen LogP contribution < -0.4 is 15.2 Å². The van der Waals surface area contributed by atoms with Gasteiger partial charge in [0.2, 0.25) is 5.95 Å². The lowest BCUT2D eigenvalue weighted by molar-refractivity contribution is 0.0996. The van der Waals surface area contributed by atoms with Gasteiger partial charge in [0, 0.05) is 10.4 Å². The predicted molar refractivity (Wildman–Crippen MR) is 109 cm³/mol. The number of primary amides is 1. The Morgan fingerprint density at radius 2 is 1.90 bits per heavy atom. The summed E-state index contributed by atoms with van der Waals surface area (Å²) in [5.74, 6) is 0.0435. The number of methoxy groups -OCH3 is 1. The number of aromatic nitrogens is 2. The number of rotatable bonds is 6. The molecule has 0 aliphatic heterocycles. The van der Waals surface area contributed by atoms with Gasteiger partial charge < -0.3 is 15.2 Å². The van der Waals surface area contributed by atoms with Crippen molar-refractivity contribution >= 4 is 27.5 Å². The highest BCUT2D eigenvalue weighted by molar-refractivity contribution is 7.19. The number of benzene rings is 1. The van der Waals surface area contributed by atoms with Crippen molar-refractivity contribution in [3.05, 3.63) is 71.2 Å². The quantitative estimate of drug-likeness (QED) is 0.483. The Kier molecular flexibility index (Phi) is 5.09. The van der Waals surface area contributed by atoms with Crippen LogP contribution in [0.4, 0.5) is 4.39 Å². The van der Waals surface area contributed by atoms with E-state index in [0.29, 0.717) is 11.3 Å². The summed E-state index contributed by atoms with van der Waals surface area (Å²) in [5.41, 5.74) is 8.09. The van der Waals surface area contributed by atoms with Crippen molar-refractivity contribution in [1.82, 2.24) is 9.97 Å². The van der Waals surface area contributed by atoms with Gasteiger partial charge in [-0.05, 0) is 42.0 Å². The van der Waals surface area contributed by atoms with Crippen molar-refractivity contribution in [3.8, 4) is 22.6 Å². The lowest BCUT2D eigenvalue weighted by Gasteiger charge is -2.07. The molecule has 3 aromatic heterocycles. The first-order chi connectivity index (χ1) is 14.0. The van der Waals surface area contributed by atoms with Crippen molar-refractivity contribution in [2.45, 2.75) is 6.61 Å². The normalized spacial score (nSPS) is 10.8. The van der Waals surface area contributed by atoms with E-state index in [4.69, 9.17) is 15.2 Å². The van der Waals surface area contributed by atoms with E-state index in [0.717, 1.165) is 26.5 Å². The molecule has 4 rings (SSSR count). The Bertz CT molecular complexity index is 1170. The number of amides is 1. The summed E-state index contributed by atoms with van der Waals surface area (Å²) in [6, 6.07) is 13.8. The van der Waals surface area contributed by atoms with Gasteiger partial charge in [-0.25, -0.2) is 9.97 Å². The molecule has 3 heterocycles. The summed E-state index contributed by atoms with van der Waals surface area (Å²) in [6.07, 6.45) is 1.33. The number of nitrogens with zero attached hydrogens (tertiary/aromatic N) is 2. The molecule has 29 heavy (non-hydrogen) atoms. The summed E-state index contributed by atoms with van der Waals surface area (Å²) < 4.78 is 24.7. The lowest BCUT2D eigenvalue weighted by atomic mass is 10.0. The molecule has 0 spiro atoms. The number of carbonyl (C=O) groups is 1. The number of ether oxygens (including phenoxy) is 2. The number of thiophene rings is 1. The highest BCUT2D eigenvalue weighted by Crippen LogP contribution is 2.35. The number of nitrogens with two attached hydrogens (primary N) is 1. The third-order valence-electron chi connectivity index (χ3n) is 4.26. The summed E-state index contributed by atoms with van der Waals surface area (Å²) >= 11 is 1.51. The molecule has 1 aromatic carbocycles. The topological polar surface area (TPSA) is 87.3 Å². The molecule has 1 amide bonds. The van der Waals surface area contributed by atoms with Crippen LogP contribution in [0.3, 0.4) is 0 Å². The van der Waals surface area contributed by atoms with Gasteiger partial charge in [-0.1, -0.05) is 12.1 Å².